The lowest BCUT2D eigenvalue weighted by molar-refractivity contribution is -0.117. The molecule has 0 aliphatic carbocycles. The molecule has 1 atom stereocenters. The van der Waals surface area contributed by atoms with Crippen LogP contribution in [-0.2, 0) is 10.2 Å². The van der Waals surface area contributed by atoms with Crippen LogP contribution in [0.1, 0.15) is 63.8 Å². The number of hydrogen-bond acceptors (Lipinski definition) is 2. The minimum Gasteiger partial charge on any atom is -0.497 e. The summed E-state index contributed by atoms with van der Waals surface area (Å²) >= 11 is 0. The maximum absolute atomic E-state index is 12.5. The van der Waals surface area contributed by atoms with E-state index in [1.165, 1.54) is 5.56 Å². The summed E-state index contributed by atoms with van der Waals surface area (Å²) in [5.41, 5.74) is 3.52. The highest BCUT2D eigenvalue weighted by Gasteiger charge is 2.15. The Morgan fingerprint density at radius 3 is 2.14 bits per heavy atom. The molecule has 1 N–H and O–H groups in total. The molecule has 3 heteroatoms. The molecular formula is C25H33NO2. The Labute approximate surface area is 169 Å². The smallest absolute Gasteiger partial charge is 0.244 e. The normalized spacial score (nSPS) is 13.0. The van der Waals surface area contributed by atoms with Gasteiger partial charge in [-0.15, -0.1) is 0 Å². The summed E-state index contributed by atoms with van der Waals surface area (Å²) in [6.07, 6.45) is 4.36. The molecule has 2 aromatic carbocycles. The van der Waals surface area contributed by atoms with Crippen LogP contribution in [0.25, 0.3) is 6.08 Å². The average Bonchev–Trinajstić information content (AvgIpc) is 2.65. The number of amides is 1. The summed E-state index contributed by atoms with van der Waals surface area (Å²) in [5, 5.41) is 3.14. The van der Waals surface area contributed by atoms with E-state index in [0.29, 0.717) is 5.92 Å². The predicted octanol–water partition coefficient (Wildman–Crippen LogP) is 5.91. The van der Waals surface area contributed by atoms with Crippen molar-refractivity contribution in [2.24, 2.45) is 5.92 Å². The molecule has 0 aliphatic heterocycles. The quantitative estimate of drug-likeness (QED) is 0.607. The number of benzene rings is 2. The van der Waals surface area contributed by atoms with Crippen molar-refractivity contribution in [3.63, 3.8) is 0 Å². The second kappa shape index (κ2) is 9.59. The first-order valence-electron chi connectivity index (χ1n) is 9.92. The number of carbonyl (C=O) groups excluding carboxylic acids is 1. The van der Waals surface area contributed by atoms with Crippen molar-refractivity contribution in [1.29, 1.82) is 0 Å². The lowest BCUT2D eigenvalue weighted by Crippen LogP contribution is -2.27. The topological polar surface area (TPSA) is 38.3 Å². The highest BCUT2D eigenvalue weighted by molar-refractivity contribution is 5.92. The summed E-state index contributed by atoms with van der Waals surface area (Å²) in [5.74, 6) is 1.21. The van der Waals surface area contributed by atoms with Crippen LogP contribution >= 0.6 is 0 Å². The van der Waals surface area contributed by atoms with E-state index < -0.39 is 0 Å². The summed E-state index contributed by atoms with van der Waals surface area (Å²) in [4.78, 5) is 12.5. The average molecular weight is 380 g/mol. The molecule has 0 bridgehead atoms. The Hall–Kier alpha value is -2.55. The van der Waals surface area contributed by atoms with E-state index >= 15 is 0 Å². The molecule has 0 radical (unpaired) electrons. The van der Waals surface area contributed by atoms with Gasteiger partial charge in [0.15, 0.2) is 0 Å². The van der Waals surface area contributed by atoms with Crippen molar-refractivity contribution in [1.82, 2.24) is 5.32 Å². The third kappa shape index (κ3) is 6.56. The zero-order chi connectivity index (χ0) is 20.7. The molecule has 0 fully saturated rings. The van der Waals surface area contributed by atoms with Crippen LogP contribution in [0.3, 0.4) is 0 Å². The molecule has 0 saturated carbocycles. The molecule has 2 aromatic rings. The number of carbonyl (C=O) groups is 1. The Kier molecular flexibility index (Phi) is 7.45. The van der Waals surface area contributed by atoms with Crippen LogP contribution in [0.4, 0.5) is 0 Å². The zero-order valence-corrected chi connectivity index (χ0v) is 18.0. The maximum atomic E-state index is 12.5. The first-order valence-corrected chi connectivity index (χ1v) is 9.92. The standard InChI is InChI=1S/C25H33NO2/c1-18(2)17-23(20-10-14-22(28-6)15-11-20)26-24(27)16-9-19-7-12-21(13-8-19)25(3,4)5/h7-16,18,23H,17H2,1-6H3,(H,26,27)/b16-9+/t23-/m0/s1. The molecule has 1 amide bonds. The molecule has 3 nitrogen and oxygen atoms in total. The summed E-state index contributed by atoms with van der Waals surface area (Å²) < 4.78 is 5.23. The summed E-state index contributed by atoms with van der Waals surface area (Å²) in [6, 6.07) is 16.2. The van der Waals surface area contributed by atoms with Crippen molar-refractivity contribution in [2.45, 2.75) is 52.5 Å². The molecule has 2 rings (SSSR count). The van der Waals surface area contributed by atoms with Crippen LogP contribution in [-0.4, -0.2) is 13.0 Å². The highest BCUT2D eigenvalue weighted by atomic mass is 16.5. The second-order valence-electron chi connectivity index (χ2n) is 8.67. The van der Waals surface area contributed by atoms with E-state index in [1.54, 1.807) is 13.2 Å². The monoisotopic (exact) mass is 379 g/mol. The molecule has 0 spiro atoms. The van der Waals surface area contributed by atoms with E-state index in [-0.39, 0.29) is 17.4 Å². The minimum absolute atomic E-state index is 0.0219. The molecule has 0 aromatic heterocycles. The van der Waals surface area contributed by atoms with E-state index in [1.807, 2.05) is 30.3 Å². The van der Waals surface area contributed by atoms with Gasteiger partial charge in [0.25, 0.3) is 0 Å². The zero-order valence-electron chi connectivity index (χ0n) is 18.0. The molecule has 28 heavy (non-hydrogen) atoms. The van der Waals surface area contributed by atoms with Crippen molar-refractivity contribution in [3.05, 3.63) is 71.3 Å². The first kappa shape index (κ1) is 21.7. The SMILES string of the molecule is COc1ccc([C@H](CC(C)C)NC(=O)/C=C/c2ccc(C(C)(C)C)cc2)cc1. The van der Waals surface area contributed by atoms with Gasteiger partial charge in [-0.3, -0.25) is 4.79 Å². The fraction of sp³-hybridized carbons (Fsp3) is 0.400. The van der Waals surface area contributed by atoms with Crippen LogP contribution < -0.4 is 10.1 Å². The van der Waals surface area contributed by atoms with Gasteiger partial charge in [0, 0.05) is 6.08 Å². The van der Waals surface area contributed by atoms with Gasteiger partial charge >= 0.3 is 0 Å². The Balaban J connectivity index is 2.07. The van der Waals surface area contributed by atoms with Gasteiger partial charge in [0.05, 0.1) is 13.2 Å². The maximum Gasteiger partial charge on any atom is 0.244 e. The van der Waals surface area contributed by atoms with Gasteiger partial charge in [-0.25, -0.2) is 0 Å². The van der Waals surface area contributed by atoms with E-state index in [4.69, 9.17) is 4.74 Å². The van der Waals surface area contributed by atoms with Crippen LogP contribution in [0.2, 0.25) is 0 Å². The van der Waals surface area contributed by atoms with Crippen molar-refractivity contribution >= 4 is 12.0 Å². The molecular weight excluding hydrogens is 346 g/mol. The number of hydrogen-bond donors (Lipinski definition) is 1. The minimum atomic E-state index is -0.0821. The van der Waals surface area contributed by atoms with Crippen LogP contribution in [0.5, 0.6) is 5.75 Å². The number of rotatable bonds is 7. The Morgan fingerprint density at radius 1 is 1.04 bits per heavy atom. The largest absolute Gasteiger partial charge is 0.497 e. The van der Waals surface area contributed by atoms with Crippen molar-refractivity contribution < 1.29 is 9.53 Å². The second-order valence-corrected chi connectivity index (χ2v) is 8.67. The first-order chi connectivity index (χ1) is 13.2. The predicted molar refractivity (Wildman–Crippen MR) is 118 cm³/mol. The van der Waals surface area contributed by atoms with E-state index in [2.05, 4.69) is 64.2 Å². The number of methoxy groups -OCH3 is 1. The Bertz CT molecular complexity index is 781. The van der Waals surface area contributed by atoms with Crippen molar-refractivity contribution in [3.8, 4) is 5.75 Å². The van der Waals surface area contributed by atoms with Crippen LogP contribution in [0.15, 0.2) is 54.6 Å². The van der Waals surface area contributed by atoms with E-state index in [9.17, 15) is 4.79 Å². The third-order valence-corrected chi connectivity index (χ3v) is 4.75. The third-order valence-electron chi connectivity index (χ3n) is 4.75. The summed E-state index contributed by atoms with van der Waals surface area (Å²) in [6.45, 7) is 10.9. The fourth-order valence-corrected chi connectivity index (χ4v) is 3.07. The lowest BCUT2D eigenvalue weighted by atomic mass is 9.87. The van der Waals surface area contributed by atoms with Gasteiger partial charge in [0.2, 0.25) is 5.91 Å². The van der Waals surface area contributed by atoms with Gasteiger partial charge in [0.1, 0.15) is 5.75 Å². The highest BCUT2D eigenvalue weighted by Crippen LogP contribution is 2.24. The molecule has 0 saturated heterocycles. The van der Waals surface area contributed by atoms with Crippen molar-refractivity contribution in [2.75, 3.05) is 7.11 Å². The molecule has 150 valence electrons. The number of ether oxygens (including phenoxy) is 1. The Morgan fingerprint density at radius 2 is 1.64 bits per heavy atom. The molecule has 0 aliphatic rings. The van der Waals surface area contributed by atoms with E-state index in [0.717, 1.165) is 23.3 Å². The van der Waals surface area contributed by atoms with Gasteiger partial charge < -0.3 is 10.1 Å². The van der Waals surface area contributed by atoms with Gasteiger partial charge in [-0.1, -0.05) is 71.0 Å². The lowest BCUT2D eigenvalue weighted by Gasteiger charge is -2.21. The van der Waals surface area contributed by atoms with Gasteiger partial charge in [-0.2, -0.15) is 0 Å². The van der Waals surface area contributed by atoms with Crippen LogP contribution in [0, 0.1) is 5.92 Å². The molecule has 0 heterocycles. The summed E-state index contributed by atoms with van der Waals surface area (Å²) in [7, 11) is 1.65. The fourth-order valence-electron chi connectivity index (χ4n) is 3.07. The molecule has 0 unspecified atom stereocenters. The number of nitrogens with one attached hydrogen (secondary N) is 1. The van der Waals surface area contributed by atoms with Gasteiger partial charge in [-0.05, 0) is 52.7 Å².